The molecule has 0 saturated carbocycles. The molecule has 3 nitrogen and oxygen atoms in total. The predicted molar refractivity (Wildman–Crippen MR) is 43.3 cm³/mol. The zero-order chi connectivity index (χ0) is 8.10. The summed E-state index contributed by atoms with van der Waals surface area (Å²) in [5.41, 5.74) is 0.975. The van der Waals surface area contributed by atoms with Crippen LogP contribution in [-0.4, -0.2) is 21.7 Å². The number of allylic oxidation sites excluding steroid dienone is 1. The maximum absolute atomic E-state index is 8.58. The van der Waals surface area contributed by atoms with Crippen molar-refractivity contribution in [1.29, 1.82) is 0 Å². The lowest BCUT2D eigenvalue weighted by atomic mass is 10.3. The molecule has 0 atom stereocenters. The van der Waals surface area contributed by atoms with Crippen LogP contribution < -0.4 is 0 Å². The van der Waals surface area contributed by atoms with Gasteiger partial charge in [0.1, 0.15) is 5.82 Å². The Morgan fingerprint density at radius 2 is 2.55 bits per heavy atom. The molecular weight excluding hydrogens is 140 g/mol. The average Bonchev–Trinajstić information content (AvgIpc) is 2.38. The fourth-order valence-corrected chi connectivity index (χ4v) is 0.891. The molecule has 1 aromatic rings. The zero-order valence-electron chi connectivity index (χ0n) is 6.38. The summed E-state index contributed by atoms with van der Waals surface area (Å²) >= 11 is 0. The topological polar surface area (TPSA) is 48.9 Å². The van der Waals surface area contributed by atoms with E-state index in [4.69, 9.17) is 5.11 Å². The quantitative estimate of drug-likeness (QED) is 0.623. The summed E-state index contributed by atoms with van der Waals surface area (Å²) in [6.07, 6.45) is 5.02. The van der Waals surface area contributed by atoms with Gasteiger partial charge in [0, 0.05) is 19.0 Å². The number of rotatable bonds is 4. The van der Waals surface area contributed by atoms with Crippen molar-refractivity contribution in [1.82, 2.24) is 9.97 Å². The zero-order valence-corrected chi connectivity index (χ0v) is 6.38. The van der Waals surface area contributed by atoms with Crippen LogP contribution in [0.25, 0.3) is 0 Å². The van der Waals surface area contributed by atoms with Crippen molar-refractivity contribution in [3.63, 3.8) is 0 Å². The first kappa shape index (κ1) is 8.01. The molecule has 1 heterocycles. The molecule has 60 valence electrons. The lowest BCUT2D eigenvalue weighted by molar-refractivity contribution is 0.297. The van der Waals surface area contributed by atoms with E-state index in [1.54, 1.807) is 6.08 Å². The van der Waals surface area contributed by atoms with Gasteiger partial charge in [-0.05, 0) is 0 Å². The van der Waals surface area contributed by atoms with Gasteiger partial charge in [-0.15, -0.1) is 6.58 Å². The van der Waals surface area contributed by atoms with Crippen LogP contribution in [0, 0.1) is 0 Å². The number of hydrogen-bond donors (Lipinski definition) is 2. The van der Waals surface area contributed by atoms with Crippen LogP contribution in [0.1, 0.15) is 11.5 Å². The Morgan fingerprint density at radius 3 is 3.18 bits per heavy atom. The van der Waals surface area contributed by atoms with Crippen molar-refractivity contribution in [2.75, 3.05) is 6.61 Å². The molecule has 0 bridgehead atoms. The van der Waals surface area contributed by atoms with Crippen molar-refractivity contribution in [3.05, 3.63) is 30.4 Å². The second-order valence-electron chi connectivity index (χ2n) is 2.30. The first-order chi connectivity index (χ1) is 5.36. The largest absolute Gasteiger partial charge is 0.396 e. The predicted octanol–water partition coefficient (Wildman–Crippen LogP) is 0.673. The third-order valence-corrected chi connectivity index (χ3v) is 1.39. The van der Waals surface area contributed by atoms with Gasteiger partial charge in [0.15, 0.2) is 0 Å². The van der Waals surface area contributed by atoms with Crippen molar-refractivity contribution in [3.8, 4) is 0 Å². The summed E-state index contributed by atoms with van der Waals surface area (Å²) in [6, 6.07) is 0. The highest BCUT2D eigenvalue weighted by molar-refractivity contribution is 5.04. The molecule has 0 aromatic carbocycles. The van der Waals surface area contributed by atoms with Gasteiger partial charge in [0.05, 0.1) is 12.3 Å². The molecule has 0 radical (unpaired) electrons. The highest BCUT2D eigenvalue weighted by Gasteiger charge is 1.97. The van der Waals surface area contributed by atoms with E-state index in [9.17, 15) is 0 Å². The van der Waals surface area contributed by atoms with E-state index in [0.29, 0.717) is 6.42 Å². The van der Waals surface area contributed by atoms with Gasteiger partial charge in [-0.2, -0.15) is 0 Å². The van der Waals surface area contributed by atoms with Gasteiger partial charge < -0.3 is 10.1 Å². The number of aliphatic hydroxyl groups is 1. The monoisotopic (exact) mass is 152 g/mol. The maximum atomic E-state index is 8.58. The van der Waals surface area contributed by atoms with Crippen LogP contribution in [0.4, 0.5) is 0 Å². The summed E-state index contributed by atoms with van der Waals surface area (Å²) in [5.74, 6) is 0.837. The Bertz CT molecular complexity index is 230. The fraction of sp³-hybridized carbons (Fsp3) is 0.375. The molecular formula is C8H12N2O. The molecule has 0 amide bonds. The highest BCUT2D eigenvalue weighted by atomic mass is 16.3. The Hall–Kier alpha value is -1.09. The Kier molecular flexibility index (Phi) is 2.86. The minimum absolute atomic E-state index is 0.140. The average molecular weight is 152 g/mol. The molecule has 0 saturated heterocycles. The van der Waals surface area contributed by atoms with Gasteiger partial charge in [0.25, 0.3) is 0 Å². The molecule has 0 fully saturated rings. The lowest BCUT2D eigenvalue weighted by Gasteiger charge is -1.87. The Balaban J connectivity index is 2.57. The highest BCUT2D eigenvalue weighted by Crippen LogP contribution is 1.98. The van der Waals surface area contributed by atoms with Crippen molar-refractivity contribution in [2.24, 2.45) is 0 Å². The second kappa shape index (κ2) is 3.93. The molecule has 3 heteroatoms. The number of imidazole rings is 1. The molecule has 0 aliphatic heterocycles. The van der Waals surface area contributed by atoms with Crippen molar-refractivity contribution >= 4 is 0 Å². The first-order valence-corrected chi connectivity index (χ1v) is 3.61. The summed E-state index contributed by atoms with van der Waals surface area (Å²) in [5, 5.41) is 8.58. The van der Waals surface area contributed by atoms with E-state index >= 15 is 0 Å². The van der Waals surface area contributed by atoms with Crippen molar-refractivity contribution in [2.45, 2.75) is 12.8 Å². The van der Waals surface area contributed by atoms with E-state index in [-0.39, 0.29) is 6.61 Å². The summed E-state index contributed by atoms with van der Waals surface area (Å²) in [6.45, 7) is 3.75. The van der Waals surface area contributed by atoms with Gasteiger partial charge in [-0.1, -0.05) is 6.08 Å². The molecule has 1 aromatic heterocycles. The number of aromatic amines is 1. The second-order valence-corrected chi connectivity index (χ2v) is 2.30. The standard InChI is InChI=1S/C8H12N2O/c1-2-3-7-6-9-8(10-7)4-5-11/h2,6,11H,1,3-5H2,(H,9,10). The SMILES string of the molecule is C=CCc1c[nH]c(CCO)n1. The van der Waals surface area contributed by atoms with Gasteiger partial charge in [-0.3, -0.25) is 0 Å². The van der Waals surface area contributed by atoms with Gasteiger partial charge in [0.2, 0.25) is 0 Å². The number of hydrogen-bond acceptors (Lipinski definition) is 2. The van der Waals surface area contributed by atoms with Crippen LogP contribution in [0.5, 0.6) is 0 Å². The van der Waals surface area contributed by atoms with E-state index in [1.807, 2.05) is 6.20 Å². The number of H-pyrrole nitrogens is 1. The normalized spacial score (nSPS) is 9.91. The third kappa shape index (κ3) is 2.20. The van der Waals surface area contributed by atoms with E-state index in [2.05, 4.69) is 16.5 Å². The van der Waals surface area contributed by atoms with E-state index < -0.39 is 0 Å². The Morgan fingerprint density at radius 1 is 1.73 bits per heavy atom. The smallest absolute Gasteiger partial charge is 0.108 e. The molecule has 0 unspecified atom stereocenters. The van der Waals surface area contributed by atoms with Crippen LogP contribution >= 0.6 is 0 Å². The molecule has 0 aliphatic carbocycles. The molecule has 11 heavy (non-hydrogen) atoms. The summed E-state index contributed by atoms with van der Waals surface area (Å²) in [4.78, 5) is 7.18. The maximum Gasteiger partial charge on any atom is 0.108 e. The lowest BCUT2D eigenvalue weighted by Crippen LogP contribution is -1.92. The van der Waals surface area contributed by atoms with Crippen LogP contribution in [0.2, 0.25) is 0 Å². The summed E-state index contributed by atoms with van der Waals surface area (Å²) < 4.78 is 0. The first-order valence-electron chi connectivity index (χ1n) is 3.61. The number of nitrogens with zero attached hydrogens (tertiary/aromatic N) is 1. The van der Waals surface area contributed by atoms with E-state index in [1.165, 1.54) is 0 Å². The number of aliphatic hydroxyl groups excluding tert-OH is 1. The Labute approximate surface area is 65.8 Å². The van der Waals surface area contributed by atoms with Crippen molar-refractivity contribution < 1.29 is 5.11 Å². The molecule has 0 spiro atoms. The minimum atomic E-state index is 0.140. The molecule has 1 rings (SSSR count). The van der Waals surface area contributed by atoms with Gasteiger partial charge in [-0.25, -0.2) is 4.98 Å². The molecule has 2 N–H and O–H groups in total. The fourth-order valence-electron chi connectivity index (χ4n) is 0.891. The summed E-state index contributed by atoms with van der Waals surface area (Å²) in [7, 11) is 0. The van der Waals surface area contributed by atoms with E-state index in [0.717, 1.165) is 17.9 Å². The van der Waals surface area contributed by atoms with Crippen LogP contribution in [0.3, 0.4) is 0 Å². The number of aromatic nitrogens is 2. The van der Waals surface area contributed by atoms with Crippen LogP contribution in [0.15, 0.2) is 18.9 Å². The minimum Gasteiger partial charge on any atom is -0.396 e. The third-order valence-electron chi connectivity index (χ3n) is 1.39. The molecule has 0 aliphatic rings. The van der Waals surface area contributed by atoms with Crippen LogP contribution in [-0.2, 0) is 12.8 Å². The number of nitrogens with one attached hydrogen (secondary N) is 1. The van der Waals surface area contributed by atoms with Gasteiger partial charge >= 0.3 is 0 Å².